The molecule has 2 saturated heterocycles. The van der Waals surface area contributed by atoms with Gasteiger partial charge in [-0.1, -0.05) is 46.4 Å². The van der Waals surface area contributed by atoms with Crippen molar-refractivity contribution in [3.63, 3.8) is 0 Å². The number of rotatable bonds is 5. The molecule has 0 atom stereocenters. The number of hydrogen-bond acceptors (Lipinski definition) is 10. The normalized spacial score (nSPS) is 17.5. The Morgan fingerprint density at radius 1 is 0.725 bits per heavy atom. The van der Waals surface area contributed by atoms with Gasteiger partial charge in [0.15, 0.2) is 33.6 Å². The maximum Gasteiger partial charge on any atom is 0.277 e. The van der Waals surface area contributed by atoms with Crippen LogP contribution in [-0.4, -0.2) is 106 Å². The summed E-state index contributed by atoms with van der Waals surface area (Å²) in [7, 11) is 0. The van der Waals surface area contributed by atoms with Crippen LogP contribution in [0, 0.1) is 18.5 Å². The highest BCUT2D eigenvalue weighted by molar-refractivity contribution is 6.43. The minimum atomic E-state index is -3.08. The molecule has 0 radical (unpaired) electrons. The van der Waals surface area contributed by atoms with Crippen molar-refractivity contribution in [1.29, 1.82) is 0 Å². The van der Waals surface area contributed by atoms with Gasteiger partial charge in [0.1, 0.15) is 10.0 Å². The summed E-state index contributed by atoms with van der Waals surface area (Å²) in [4.78, 5) is 30.5. The molecule has 6 rings (SSSR count). The Hall–Kier alpha value is -3.79. The highest BCUT2D eigenvalue weighted by atomic mass is 35.5. The summed E-state index contributed by atoms with van der Waals surface area (Å²) < 4.78 is 83.0. The van der Waals surface area contributed by atoms with Gasteiger partial charge in [0.05, 0.1) is 26.2 Å². The van der Waals surface area contributed by atoms with Crippen LogP contribution in [0.5, 0.6) is 0 Å². The van der Waals surface area contributed by atoms with Crippen LogP contribution >= 0.6 is 46.4 Å². The Labute approximate surface area is 307 Å². The minimum absolute atomic E-state index is 0.0207. The predicted molar refractivity (Wildman–Crippen MR) is 181 cm³/mol. The highest BCUT2D eigenvalue weighted by Gasteiger charge is 2.39. The number of anilines is 2. The van der Waals surface area contributed by atoms with Crippen LogP contribution in [0.25, 0.3) is 27.6 Å². The third-order valence-corrected chi connectivity index (χ3v) is 8.79. The molecule has 0 unspecified atom stereocenters. The van der Waals surface area contributed by atoms with Crippen molar-refractivity contribution >= 4 is 58.0 Å². The molecule has 0 aliphatic carbocycles. The van der Waals surface area contributed by atoms with E-state index in [1.807, 2.05) is 0 Å². The lowest BCUT2D eigenvalue weighted by Crippen LogP contribution is -2.40. The van der Waals surface area contributed by atoms with Gasteiger partial charge in [-0.3, -0.25) is 4.85 Å². The summed E-state index contributed by atoms with van der Waals surface area (Å²) >= 11 is 24.4. The molecule has 0 bridgehead atoms. The van der Waals surface area contributed by atoms with Gasteiger partial charge < -0.3 is 15.1 Å². The molecule has 0 amide bonds. The number of aromatic nitrogens is 6. The Bertz CT molecular complexity index is 1920. The van der Waals surface area contributed by atoms with E-state index in [1.165, 1.54) is 39.2 Å². The number of halogens is 10. The first-order valence-electron chi connectivity index (χ1n) is 14.9. The zero-order chi connectivity index (χ0) is 36.9. The molecule has 2 aliphatic rings. The molecule has 21 heteroatoms. The summed E-state index contributed by atoms with van der Waals surface area (Å²) in [5.41, 5.74) is 0.612. The van der Waals surface area contributed by atoms with Crippen molar-refractivity contribution in [3.05, 3.63) is 80.3 Å². The molecule has 4 aromatic heterocycles. The second-order valence-corrected chi connectivity index (χ2v) is 12.7. The standard InChI is InChI=1S/C16H13Cl2F3N6.C14H12Cl2F3N5/c1-22-9-26-4-5-27(8-16(20,21)7-26)15-12(17)13(18)24-14(25-15)10-2-3-23-11(19)6-10;15-10-11(16)22-12(8-1-2-21-9(17)5-8)23-13(10)24-4-3-20-6-14(18,19)7-24/h2-3,6H,4-5,7-9H2;1-2,5,20H,3-4,6-7H2. The maximum absolute atomic E-state index is 14.3. The van der Waals surface area contributed by atoms with Crippen LogP contribution in [0.2, 0.25) is 20.4 Å². The molecule has 0 aromatic carbocycles. The van der Waals surface area contributed by atoms with Crippen LogP contribution in [0.1, 0.15) is 0 Å². The van der Waals surface area contributed by atoms with E-state index in [-0.39, 0.29) is 69.9 Å². The summed E-state index contributed by atoms with van der Waals surface area (Å²) in [6, 6.07) is 5.20. The van der Waals surface area contributed by atoms with Crippen molar-refractivity contribution in [2.24, 2.45) is 0 Å². The number of nitrogens with one attached hydrogen (secondary N) is 1. The van der Waals surface area contributed by atoms with Gasteiger partial charge in [-0.2, -0.15) is 8.78 Å². The lowest BCUT2D eigenvalue weighted by Gasteiger charge is -2.25. The molecule has 1 N–H and O–H groups in total. The van der Waals surface area contributed by atoms with Gasteiger partial charge in [0, 0.05) is 61.8 Å². The molecule has 0 saturated carbocycles. The largest absolute Gasteiger partial charge is 0.348 e. The third-order valence-electron chi connectivity index (χ3n) is 7.35. The fourth-order valence-corrected chi connectivity index (χ4v) is 5.87. The number of alkyl halides is 4. The summed E-state index contributed by atoms with van der Waals surface area (Å²) in [6.07, 6.45) is 2.48. The Morgan fingerprint density at radius 3 is 1.75 bits per heavy atom. The second kappa shape index (κ2) is 16.3. The van der Waals surface area contributed by atoms with E-state index in [9.17, 15) is 26.3 Å². The van der Waals surface area contributed by atoms with E-state index >= 15 is 0 Å². The summed E-state index contributed by atoms with van der Waals surface area (Å²) in [6.45, 7) is 5.61. The van der Waals surface area contributed by atoms with Gasteiger partial charge in [0.25, 0.3) is 18.5 Å². The van der Waals surface area contributed by atoms with Gasteiger partial charge >= 0.3 is 0 Å². The van der Waals surface area contributed by atoms with E-state index in [1.54, 1.807) is 0 Å². The molecule has 11 nitrogen and oxygen atoms in total. The van der Waals surface area contributed by atoms with Crippen LogP contribution in [0.4, 0.5) is 38.0 Å². The quantitative estimate of drug-likeness (QED) is 0.102. The number of pyridine rings is 2. The van der Waals surface area contributed by atoms with Crippen LogP contribution in [0.3, 0.4) is 0 Å². The van der Waals surface area contributed by atoms with Crippen molar-refractivity contribution in [3.8, 4) is 22.8 Å². The Morgan fingerprint density at radius 2 is 1.24 bits per heavy atom. The van der Waals surface area contributed by atoms with Gasteiger partial charge in [0.2, 0.25) is 11.9 Å². The molecule has 51 heavy (non-hydrogen) atoms. The Balaban J connectivity index is 0.000000199. The van der Waals surface area contributed by atoms with Crippen molar-refractivity contribution in [2.45, 2.75) is 11.8 Å². The van der Waals surface area contributed by atoms with Crippen molar-refractivity contribution in [2.75, 3.05) is 68.8 Å². The zero-order valence-electron chi connectivity index (χ0n) is 26.1. The molecular weight excluding hydrogens is 770 g/mol. The van der Waals surface area contributed by atoms with Crippen LogP contribution in [-0.2, 0) is 0 Å². The number of nitrogens with zero attached hydrogens (tertiary/aromatic N) is 10. The first kappa shape index (κ1) is 38.4. The molecule has 2 fully saturated rings. The van der Waals surface area contributed by atoms with Gasteiger partial charge in [-0.25, -0.2) is 58.9 Å². The van der Waals surface area contributed by atoms with E-state index in [2.05, 4.69) is 40.1 Å². The summed E-state index contributed by atoms with van der Waals surface area (Å²) in [5, 5.41) is 2.36. The average molecular weight is 795 g/mol. The van der Waals surface area contributed by atoms with Gasteiger partial charge in [-0.15, -0.1) is 0 Å². The highest BCUT2D eigenvalue weighted by Crippen LogP contribution is 2.36. The predicted octanol–water partition coefficient (Wildman–Crippen LogP) is 6.65. The van der Waals surface area contributed by atoms with Crippen LogP contribution < -0.4 is 15.1 Å². The minimum Gasteiger partial charge on any atom is -0.348 e. The third kappa shape index (κ3) is 9.96. The SMILES string of the molecule is Fc1cc(-c2nc(Cl)c(Cl)c(N3CCNCC(F)(F)C3)n2)ccn1.[C-]#[N+]CN1CCN(c2nc(-c3ccnc(F)c3)nc(Cl)c2Cl)CC(F)(F)C1. The zero-order valence-corrected chi connectivity index (χ0v) is 29.1. The average Bonchev–Trinajstić information content (AvgIpc) is 3.35. The lowest BCUT2D eigenvalue weighted by atomic mass is 10.2. The first-order valence-corrected chi connectivity index (χ1v) is 16.4. The second-order valence-electron chi connectivity index (χ2n) is 11.3. The molecule has 6 heterocycles. The Kier molecular flexibility index (Phi) is 12.3. The van der Waals surface area contributed by atoms with E-state index < -0.39 is 49.9 Å². The van der Waals surface area contributed by atoms with Gasteiger partial charge in [-0.05, 0) is 12.1 Å². The van der Waals surface area contributed by atoms with Crippen molar-refractivity contribution < 1.29 is 26.3 Å². The van der Waals surface area contributed by atoms with E-state index in [0.717, 1.165) is 12.1 Å². The van der Waals surface area contributed by atoms with Crippen LogP contribution in [0.15, 0.2) is 36.7 Å². The topological polar surface area (TPSA) is 103 Å². The van der Waals surface area contributed by atoms with E-state index in [0.29, 0.717) is 17.7 Å². The summed E-state index contributed by atoms with van der Waals surface area (Å²) in [5.74, 6) is -7.22. The smallest absolute Gasteiger partial charge is 0.277 e. The lowest BCUT2D eigenvalue weighted by molar-refractivity contribution is -0.0127. The van der Waals surface area contributed by atoms with Crippen molar-refractivity contribution in [1.82, 2.24) is 40.1 Å². The molecule has 0 spiro atoms. The number of hydrogen-bond donors (Lipinski definition) is 1. The molecular formula is C30H25Cl4F6N11. The molecule has 4 aromatic rings. The maximum atomic E-state index is 14.3. The molecule has 2 aliphatic heterocycles. The fourth-order valence-electron chi connectivity index (χ4n) is 5.14. The molecule has 270 valence electrons. The monoisotopic (exact) mass is 793 g/mol. The van der Waals surface area contributed by atoms with E-state index in [4.69, 9.17) is 53.0 Å². The first-order chi connectivity index (χ1) is 24.1. The fraction of sp³-hybridized carbons (Fsp3) is 0.367.